The minimum absolute atomic E-state index is 0.0366. The van der Waals surface area contributed by atoms with Crippen molar-refractivity contribution in [3.05, 3.63) is 65.5 Å². The van der Waals surface area contributed by atoms with E-state index >= 15 is 0 Å². The van der Waals surface area contributed by atoms with E-state index in [0.717, 1.165) is 12.0 Å². The van der Waals surface area contributed by atoms with Crippen LogP contribution in [-0.4, -0.2) is 47.9 Å². The molecule has 5 nitrogen and oxygen atoms in total. The van der Waals surface area contributed by atoms with Crippen LogP contribution in [-0.2, 0) is 11.3 Å². The molecule has 1 atom stereocenters. The Bertz CT molecular complexity index is 841. The Labute approximate surface area is 164 Å². The number of halogens is 1. The van der Waals surface area contributed by atoms with Crippen LogP contribution in [0.15, 0.2) is 48.5 Å². The highest BCUT2D eigenvalue weighted by Gasteiger charge is 2.31. The predicted molar refractivity (Wildman–Crippen MR) is 105 cm³/mol. The van der Waals surface area contributed by atoms with Crippen molar-refractivity contribution in [1.82, 2.24) is 9.80 Å². The van der Waals surface area contributed by atoms with E-state index in [1.807, 2.05) is 42.2 Å². The van der Waals surface area contributed by atoms with Crippen molar-refractivity contribution in [2.24, 2.45) is 0 Å². The van der Waals surface area contributed by atoms with E-state index < -0.39 is 5.82 Å². The van der Waals surface area contributed by atoms with Crippen LogP contribution in [0.25, 0.3) is 0 Å². The Hall–Kier alpha value is -2.89. The summed E-state index contributed by atoms with van der Waals surface area (Å²) in [4.78, 5) is 29.3. The first-order chi connectivity index (χ1) is 13.5. The molecule has 148 valence electrons. The molecule has 0 radical (unpaired) electrons. The van der Waals surface area contributed by atoms with Crippen molar-refractivity contribution in [2.75, 3.05) is 20.2 Å². The van der Waals surface area contributed by atoms with Crippen LogP contribution in [0.2, 0.25) is 0 Å². The van der Waals surface area contributed by atoms with E-state index in [-0.39, 0.29) is 30.0 Å². The number of amides is 2. The average Bonchev–Trinajstić information content (AvgIpc) is 2.88. The summed E-state index contributed by atoms with van der Waals surface area (Å²) in [6.07, 6.45) is 1.02. The normalized spacial score (nSPS) is 17.4. The number of nitrogens with zero attached hydrogens (tertiary/aromatic N) is 2. The topological polar surface area (TPSA) is 49.9 Å². The number of hydrogen-bond acceptors (Lipinski definition) is 3. The van der Waals surface area contributed by atoms with Gasteiger partial charge in [0.1, 0.15) is 0 Å². The van der Waals surface area contributed by atoms with Gasteiger partial charge in [0.15, 0.2) is 11.6 Å². The molecule has 0 aromatic heterocycles. The van der Waals surface area contributed by atoms with Crippen LogP contribution >= 0.6 is 0 Å². The van der Waals surface area contributed by atoms with E-state index in [0.29, 0.717) is 25.2 Å². The standard InChI is InChI=1S/C22H25FN2O3/c1-3-18-15-24(22(27)17-9-10-19(23)20(13-17)28-2)12-11-21(26)25(18)14-16-7-5-4-6-8-16/h4-10,13,18H,3,11-12,14-15H2,1-2H3/t18-/m1/s1. The Morgan fingerprint density at radius 2 is 1.96 bits per heavy atom. The van der Waals surface area contributed by atoms with Gasteiger partial charge in [-0.1, -0.05) is 37.3 Å². The Balaban J connectivity index is 1.79. The zero-order valence-corrected chi connectivity index (χ0v) is 16.2. The molecule has 1 aliphatic heterocycles. The summed E-state index contributed by atoms with van der Waals surface area (Å²) >= 11 is 0. The van der Waals surface area contributed by atoms with Gasteiger partial charge in [-0.2, -0.15) is 0 Å². The van der Waals surface area contributed by atoms with Crippen LogP contribution in [0.5, 0.6) is 5.75 Å². The molecule has 2 aromatic rings. The second-order valence-corrected chi connectivity index (χ2v) is 6.92. The second-order valence-electron chi connectivity index (χ2n) is 6.92. The van der Waals surface area contributed by atoms with E-state index in [9.17, 15) is 14.0 Å². The molecule has 2 aromatic carbocycles. The number of benzene rings is 2. The highest BCUT2D eigenvalue weighted by Crippen LogP contribution is 2.22. The van der Waals surface area contributed by atoms with Gasteiger partial charge in [-0.15, -0.1) is 0 Å². The summed E-state index contributed by atoms with van der Waals surface area (Å²) in [5, 5.41) is 0. The van der Waals surface area contributed by atoms with Gasteiger partial charge >= 0.3 is 0 Å². The lowest BCUT2D eigenvalue weighted by molar-refractivity contribution is -0.133. The van der Waals surface area contributed by atoms with Crippen LogP contribution < -0.4 is 4.74 Å². The largest absolute Gasteiger partial charge is 0.494 e. The first-order valence-corrected chi connectivity index (χ1v) is 9.49. The summed E-state index contributed by atoms with van der Waals surface area (Å²) in [7, 11) is 1.37. The molecule has 2 amide bonds. The predicted octanol–water partition coefficient (Wildman–Crippen LogP) is 3.49. The lowest BCUT2D eigenvalue weighted by atomic mass is 10.1. The third-order valence-corrected chi connectivity index (χ3v) is 5.14. The molecule has 1 saturated heterocycles. The quantitative estimate of drug-likeness (QED) is 0.793. The minimum Gasteiger partial charge on any atom is -0.494 e. The lowest BCUT2D eigenvalue weighted by Crippen LogP contribution is -2.43. The molecule has 0 spiro atoms. The molecule has 28 heavy (non-hydrogen) atoms. The van der Waals surface area contributed by atoms with Gasteiger partial charge in [0.25, 0.3) is 5.91 Å². The number of methoxy groups -OCH3 is 1. The van der Waals surface area contributed by atoms with Crippen molar-refractivity contribution in [3.63, 3.8) is 0 Å². The molecule has 3 rings (SSSR count). The SMILES string of the molecule is CC[C@@H]1CN(C(=O)c2ccc(F)c(OC)c2)CCC(=O)N1Cc1ccccc1. The number of hydrogen-bond donors (Lipinski definition) is 0. The van der Waals surface area contributed by atoms with Gasteiger partial charge in [-0.3, -0.25) is 9.59 Å². The van der Waals surface area contributed by atoms with Crippen LogP contribution in [0.3, 0.4) is 0 Å². The van der Waals surface area contributed by atoms with E-state index in [2.05, 4.69) is 0 Å². The molecule has 0 bridgehead atoms. The summed E-state index contributed by atoms with van der Waals surface area (Å²) in [5.74, 6) is -0.645. The monoisotopic (exact) mass is 384 g/mol. The van der Waals surface area contributed by atoms with Crippen molar-refractivity contribution in [3.8, 4) is 5.75 Å². The zero-order valence-electron chi connectivity index (χ0n) is 16.2. The molecule has 0 aliphatic carbocycles. The molecule has 0 unspecified atom stereocenters. The molecule has 1 heterocycles. The average molecular weight is 384 g/mol. The van der Waals surface area contributed by atoms with E-state index in [1.54, 1.807) is 4.90 Å². The van der Waals surface area contributed by atoms with Crippen LogP contribution in [0, 0.1) is 5.82 Å². The maximum atomic E-state index is 13.7. The smallest absolute Gasteiger partial charge is 0.254 e. The summed E-state index contributed by atoms with van der Waals surface area (Å²) in [6.45, 7) is 3.35. The first-order valence-electron chi connectivity index (χ1n) is 9.49. The second kappa shape index (κ2) is 8.87. The van der Waals surface area contributed by atoms with E-state index in [1.165, 1.54) is 25.3 Å². The number of carbonyl (C=O) groups is 2. The maximum absolute atomic E-state index is 13.7. The first kappa shape index (κ1) is 19.9. The third-order valence-electron chi connectivity index (χ3n) is 5.14. The fourth-order valence-corrected chi connectivity index (χ4v) is 3.53. The van der Waals surface area contributed by atoms with Crippen LogP contribution in [0.4, 0.5) is 4.39 Å². The minimum atomic E-state index is -0.509. The summed E-state index contributed by atoms with van der Waals surface area (Å²) < 4.78 is 18.6. The number of ether oxygens (including phenoxy) is 1. The summed E-state index contributed by atoms with van der Waals surface area (Å²) in [5.41, 5.74) is 1.43. The molecular formula is C22H25FN2O3. The van der Waals surface area contributed by atoms with Crippen molar-refractivity contribution in [1.29, 1.82) is 0 Å². The van der Waals surface area contributed by atoms with Crippen LogP contribution in [0.1, 0.15) is 35.7 Å². The molecular weight excluding hydrogens is 359 g/mol. The fourth-order valence-electron chi connectivity index (χ4n) is 3.53. The fraction of sp³-hybridized carbons (Fsp3) is 0.364. The highest BCUT2D eigenvalue weighted by molar-refractivity contribution is 5.95. The van der Waals surface area contributed by atoms with Gasteiger partial charge in [-0.25, -0.2) is 4.39 Å². The maximum Gasteiger partial charge on any atom is 0.254 e. The Morgan fingerprint density at radius 3 is 2.64 bits per heavy atom. The van der Waals surface area contributed by atoms with Gasteiger partial charge in [-0.05, 0) is 30.2 Å². The summed E-state index contributed by atoms with van der Waals surface area (Å²) in [6, 6.07) is 13.9. The molecule has 0 N–H and O–H groups in total. The van der Waals surface area contributed by atoms with Crippen molar-refractivity contribution < 1.29 is 18.7 Å². The van der Waals surface area contributed by atoms with Crippen molar-refractivity contribution >= 4 is 11.8 Å². The van der Waals surface area contributed by atoms with Crippen molar-refractivity contribution in [2.45, 2.75) is 32.4 Å². The molecule has 0 saturated carbocycles. The number of carbonyl (C=O) groups excluding carboxylic acids is 2. The van der Waals surface area contributed by atoms with Gasteiger partial charge in [0, 0.05) is 37.7 Å². The molecule has 6 heteroatoms. The van der Waals surface area contributed by atoms with Gasteiger partial charge < -0.3 is 14.5 Å². The highest BCUT2D eigenvalue weighted by atomic mass is 19.1. The van der Waals surface area contributed by atoms with Gasteiger partial charge in [0.05, 0.1) is 7.11 Å². The Kier molecular flexibility index (Phi) is 6.29. The number of rotatable bonds is 5. The van der Waals surface area contributed by atoms with Gasteiger partial charge in [0.2, 0.25) is 5.91 Å². The zero-order chi connectivity index (χ0) is 20.1. The van der Waals surface area contributed by atoms with E-state index in [4.69, 9.17) is 4.74 Å². The third kappa shape index (κ3) is 4.32. The lowest BCUT2D eigenvalue weighted by Gasteiger charge is -2.31. The molecule has 1 aliphatic rings. The molecule has 1 fully saturated rings. The Morgan fingerprint density at radius 1 is 1.21 bits per heavy atom.